The van der Waals surface area contributed by atoms with Gasteiger partial charge in [0.05, 0.1) is 14.2 Å². The maximum Gasteiger partial charge on any atom is 0.324 e. The van der Waals surface area contributed by atoms with Crippen LogP contribution in [-0.4, -0.2) is 26.2 Å². The third-order valence-electron chi connectivity index (χ3n) is 3.72. The molecule has 2 aromatic rings. The summed E-state index contributed by atoms with van der Waals surface area (Å²) < 4.78 is 15.3. The first-order chi connectivity index (χ1) is 11.6. The molecule has 0 aliphatic rings. The molecule has 0 fully saturated rings. The average molecular weight is 328 g/mol. The predicted molar refractivity (Wildman–Crippen MR) is 88.7 cm³/mol. The Balaban J connectivity index is 2.30. The van der Waals surface area contributed by atoms with Crippen LogP contribution < -0.4 is 4.74 Å². The smallest absolute Gasteiger partial charge is 0.324 e. The van der Waals surface area contributed by atoms with Crippen LogP contribution >= 0.6 is 0 Å². The number of carbonyl (C=O) groups excluding carboxylic acids is 2. The van der Waals surface area contributed by atoms with Gasteiger partial charge in [0.25, 0.3) is 0 Å². The van der Waals surface area contributed by atoms with Crippen LogP contribution in [0.4, 0.5) is 0 Å². The van der Waals surface area contributed by atoms with Gasteiger partial charge in [-0.15, -0.1) is 0 Å². The molecule has 0 aliphatic heterocycles. The van der Waals surface area contributed by atoms with Gasteiger partial charge in [0.1, 0.15) is 12.4 Å². The molecule has 0 heterocycles. The Morgan fingerprint density at radius 2 is 1.50 bits per heavy atom. The van der Waals surface area contributed by atoms with Gasteiger partial charge in [0.2, 0.25) is 0 Å². The van der Waals surface area contributed by atoms with Gasteiger partial charge in [-0.3, -0.25) is 9.59 Å². The maximum atomic E-state index is 12.0. The molecular formula is C19H20O5. The number of hydrogen-bond donors (Lipinski definition) is 0. The molecule has 5 nitrogen and oxygen atoms in total. The number of hydrogen-bond acceptors (Lipinski definition) is 5. The van der Waals surface area contributed by atoms with E-state index in [0.29, 0.717) is 5.56 Å². The first-order valence-electron chi connectivity index (χ1n) is 7.50. The zero-order valence-corrected chi connectivity index (χ0v) is 13.9. The fraction of sp³-hybridized carbons (Fsp3) is 0.263. The molecule has 2 aromatic carbocycles. The van der Waals surface area contributed by atoms with Gasteiger partial charge >= 0.3 is 11.9 Å². The van der Waals surface area contributed by atoms with E-state index in [0.717, 1.165) is 16.9 Å². The lowest BCUT2D eigenvalue weighted by Gasteiger charge is -2.17. The molecule has 5 heteroatoms. The predicted octanol–water partition coefficient (Wildman–Crippen LogP) is 3.00. The third-order valence-corrected chi connectivity index (χ3v) is 3.72. The van der Waals surface area contributed by atoms with Crippen LogP contribution in [0.2, 0.25) is 0 Å². The van der Waals surface area contributed by atoms with Crippen LogP contribution in [0.5, 0.6) is 5.75 Å². The Kier molecular flexibility index (Phi) is 5.95. The summed E-state index contributed by atoms with van der Waals surface area (Å²) >= 11 is 0. The largest absolute Gasteiger partial charge is 0.489 e. The summed E-state index contributed by atoms with van der Waals surface area (Å²) in [6.07, 6.45) is 0. The van der Waals surface area contributed by atoms with Crippen LogP contribution in [0.3, 0.4) is 0 Å². The monoisotopic (exact) mass is 328 g/mol. The van der Waals surface area contributed by atoms with Crippen molar-refractivity contribution in [3.05, 3.63) is 65.2 Å². The minimum atomic E-state index is -1.13. The highest BCUT2D eigenvalue weighted by atomic mass is 16.5. The summed E-state index contributed by atoms with van der Waals surface area (Å²) in [5, 5.41) is 0. The van der Waals surface area contributed by atoms with Crippen molar-refractivity contribution < 1.29 is 23.8 Å². The number of para-hydroxylation sites is 1. The number of rotatable bonds is 6. The highest BCUT2D eigenvalue weighted by molar-refractivity contribution is 6.01. The van der Waals surface area contributed by atoms with E-state index < -0.39 is 17.9 Å². The molecule has 0 aliphatic carbocycles. The average Bonchev–Trinajstić information content (AvgIpc) is 2.61. The Morgan fingerprint density at radius 3 is 2.12 bits per heavy atom. The van der Waals surface area contributed by atoms with Crippen LogP contribution in [0.25, 0.3) is 0 Å². The molecule has 0 bridgehead atoms. The second-order valence-corrected chi connectivity index (χ2v) is 5.23. The Bertz CT molecular complexity index is 707. The molecule has 126 valence electrons. The Hall–Kier alpha value is -2.82. The van der Waals surface area contributed by atoms with Crippen molar-refractivity contribution in [2.24, 2.45) is 0 Å². The number of carbonyl (C=O) groups is 2. The molecule has 0 aromatic heterocycles. The first kappa shape index (κ1) is 17.5. The SMILES string of the molecule is COC(=O)C(C(=O)OC)c1ccccc1COc1ccccc1C. The molecular weight excluding hydrogens is 308 g/mol. The molecule has 0 spiro atoms. The number of esters is 2. The van der Waals surface area contributed by atoms with Crippen molar-refractivity contribution in [3.8, 4) is 5.75 Å². The zero-order chi connectivity index (χ0) is 17.5. The molecule has 0 radical (unpaired) electrons. The molecule has 24 heavy (non-hydrogen) atoms. The quantitative estimate of drug-likeness (QED) is 0.602. The maximum absolute atomic E-state index is 12.0. The Morgan fingerprint density at radius 1 is 0.917 bits per heavy atom. The summed E-state index contributed by atoms with van der Waals surface area (Å²) in [6, 6.07) is 14.7. The summed E-state index contributed by atoms with van der Waals surface area (Å²) in [6.45, 7) is 2.18. The second-order valence-electron chi connectivity index (χ2n) is 5.23. The molecule has 0 atom stereocenters. The fourth-order valence-corrected chi connectivity index (χ4v) is 2.41. The van der Waals surface area contributed by atoms with Gasteiger partial charge in [-0.25, -0.2) is 0 Å². The highest BCUT2D eigenvalue weighted by Crippen LogP contribution is 2.25. The minimum absolute atomic E-state index is 0.228. The molecule has 0 unspecified atom stereocenters. The normalized spacial score (nSPS) is 10.3. The van der Waals surface area contributed by atoms with Crippen molar-refractivity contribution in [2.45, 2.75) is 19.4 Å². The van der Waals surface area contributed by atoms with Crippen molar-refractivity contribution >= 4 is 11.9 Å². The van der Waals surface area contributed by atoms with Gasteiger partial charge < -0.3 is 14.2 Å². The number of benzene rings is 2. The lowest BCUT2D eigenvalue weighted by molar-refractivity contribution is -0.154. The van der Waals surface area contributed by atoms with Crippen LogP contribution in [0.15, 0.2) is 48.5 Å². The summed E-state index contributed by atoms with van der Waals surface area (Å²) in [5.74, 6) is -1.70. The van der Waals surface area contributed by atoms with E-state index >= 15 is 0 Å². The lowest BCUT2D eigenvalue weighted by Crippen LogP contribution is -2.25. The minimum Gasteiger partial charge on any atom is -0.489 e. The topological polar surface area (TPSA) is 61.8 Å². The lowest BCUT2D eigenvalue weighted by atomic mass is 9.94. The second kappa shape index (κ2) is 8.15. The van der Waals surface area contributed by atoms with Crippen molar-refractivity contribution in [1.29, 1.82) is 0 Å². The van der Waals surface area contributed by atoms with E-state index in [1.807, 2.05) is 43.3 Å². The van der Waals surface area contributed by atoms with E-state index in [4.69, 9.17) is 14.2 Å². The van der Waals surface area contributed by atoms with E-state index in [-0.39, 0.29) is 6.61 Å². The van der Waals surface area contributed by atoms with E-state index in [1.54, 1.807) is 12.1 Å². The van der Waals surface area contributed by atoms with Gasteiger partial charge in [-0.1, -0.05) is 42.5 Å². The van der Waals surface area contributed by atoms with Gasteiger partial charge in [-0.2, -0.15) is 0 Å². The molecule has 0 amide bonds. The fourth-order valence-electron chi connectivity index (χ4n) is 2.41. The van der Waals surface area contributed by atoms with E-state index in [1.165, 1.54) is 14.2 Å². The van der Waals surface area contributed by atoms with E-state index in [9.17, 15) is 9.59 Å². The van der Waals surface area contributed by atoms with Gasteiger partial charge in [0.15, 0.2) is 5.92 Å². The molecule has 0 saturated heterocycles. The Labute approximate surface area is 141 Å². The molecule has 0 N–H and O–H groups in total. The standard InChI is InChI=1S/C19H20O5/c1-13-8-4-7-11-16(13)24-12-14-9-5-6-10-15(14)17(18(20)22-2)19(21)23-3/h4-11,17H,12H2,1-3H3. The third kappa shape index (κ3) is 3.93. The number of methoxy groups -OCH3 is 2. The number of aryl methyl sites for hydroxylation is 1. The van der Waals surface area contributed by atoms with Crippen molar-refractivity contribution in [1.82, 2.24) is 0 Å². The van der Waals surface area contributed by atoms with Gasteiger partial charge in [0, 0.05) is 0 Å². The van der Waals surface area contributed by atoms with Crippen LogP contribution in [0, 0.1) is 6.92 Å². The highest BCUT2D eigenvalue weighted by Gasteiger charge is 2.32. The first-order valence-corrected chi connectivity index (χ1v) is 7.50. The summed E-state index contributed by atoms with van der Waals surface area (Å²) in [7, 11) is 2.48. The van der Waals surface area contributed by atoms with Crippen molar-refractivity contribution in [2.75, 3.05) is 14.2 Å². The van der Waals surface area contributed by atoms with E-state index in [2.05, 4.69) is 0 Å². The van der Waals surface area contributed by atoms with Gasteiger partial charge in [-0.05, 0) is 29.7 Å². The zero-order valence-electron chi connectivity index (χ0n) is 13.9. The summed E-state index contributed by atoms with van der Waals surface area (Å²) in [4.78, 5) is 24.1. The van der Waals surface area contributed by atoms with Crippen molar-refractivity contribution in [3.63, 3.8) is 0 Å². The summed E-state index contributed by atoms with van der Waals surface area (Å²) in [5.41, 5.74) is 2.25. The number of ether oxygens (including phenoxy) is 3. The van der Waals surface area contributed by atoms with Crippen LogP contribution in [0.1, 0.15) is 22.6 Å². The molecule has 2 rings (SSSR count). The molecule has 0 saturated carbocycles. The van der Waals surface area contributed by atoms with Crippen LogP contribution in [-0.2, 0) is 25.7 Å².